The van der Waals surface area contributed by atoms with Crippen molar-refractivity contribution in [1.82, 2.24) is 19.8 Å². The maximum Gasteiger partial charge on any atom is 0.272 e. The van der Waals surface area contributed by atoms with Gasteiger partial charge >= 0.3 is 0 Å². The molecule has 1 aliphatic heterocycles. The van der Waals surface area contributed by atoms with E-state index in [-0.39, 0.29) is 27.9 Å². The maximum atomic E-state index is 14.0. The van der Waals surface area contributed by atoms with Crippen LogP contribution in [0.4, 0.5) is 21.5 Å². The highest BCUT2D eigenvalue weighted by Gasteiger charge is 2.18. The first-order valence-electron chi connectivity index (χ1n) is 13.5. The lowest BCUT2D eigenvalue weighted by Gasteiger charge is -2.14. The highest BCUT2D eigenvalue weighted by molar-refractivity contribution is 7.12. The summed E-state index contributed by atoms with van der Waals surface area (Å²) in [6.45, 7) is 3.49. The zero-order chi connectivity index (χ0) is 30.5. The number of likely N-dealkylation sites (tertiary alicyclic amines) is 1. The van der Waals surface area contributed by atoms with Gasteiger partial charge in [0, 0.05) is 42.9 Å². The summed E-state index contributed by atoms with van der Waals surface area (Å²) >= 11 is 6.87. The van der Waals surface area contributed by atoms with Crippen LogP contribution in [0.3, 0.4) is 0 Å². The number of hydrogen-bond donors (Lipinski definition) is 5. The third-order valence-corrected chi connectivity index (χ3v) is 8.01. The molecule has 4 heterocycles. The van der Waals surface area contributed by atoms with Crippen molar-refractivity contribution in [3.05, 3.63) is 86.8 Å². The lowest BCUT2D eigenvalue weighted by atomic mass is 10.2. The smallest absolute Gasteiger partial charge is 0.272 e. The Bertz CT molecular complexity index is 1670. The van der Waals surface area contributed by atoms with Gasteiger partial charge in [-0.15, -0.1) is 11.3 Å². The minimum Gasteiger partial charge on any atom is -0.355 e. The number of nitrogens with zero attached hydrogens (tertiary/aromatic N) is 2. The second-order valence-corrected chi connectivity index (χ2v) is 11.4. The molecule has 0 spiro atoms. The Kier molecular flexibility index (Phi) is 9.24. The molecule has 3 aromatic heterocycles. The van der Waals surface area contributed by atoms with Crippen molar-refractivity contribution in [2.45, 2.75) is 12.8 Å². The maximum absolute atomic E-state index is 14.0. The number of H-pyrrole nitrogens is 1. The molecule has 0 saturated carbocycles. The lowest BCUT2D eigenvalue weighted by Crippen LogP contribution is -2.34. The summed E-state index contributed by atoms with van der Waals surface area (Å²) in [5.74, 6) is -2.58. The number of aryl methyl sites for hydroxylation is 1. The summed E-state index contributed by atoms with van der Waals surface area (Å²) in [6, 6.07) is 8.25. The van der Waals surface area contributed by atoms with Crippen molar-refractivity contribution in [3.8, 4) is 0 Å². The molecule has 0 aliphatic carbocycles. The molecule has 1 fully saturated rings. The van der Waals surface area contributed by atoms with Crippen LogP contribution in [-0.2, 0) is 7.05 Å². The van der Waals surface area contributed by atoms with Gasteiger partial charge in [-0.1, -0.05) is 11.6 Å². The molecule has 0 bridgehead atoms. The van der Waals surface area contributed by atoms with E-state index in [0.717, 1.165) is 37.0 Å². The van der Waals surface area contributed by atoms with Gasteiger partial charge in [0.25, 0.3) is 23.6 Å². The van der Waals surface area contributed by atoms with Crippen LogP contribution < -0.4 is 21.3 Å². The predicted molar refractivity (Wildman–Crippen MR) is 164 cm³/mol. The van der Waals surface area contributed by atoms with Crippen LogP contribution in [0, 0.1) is 5.82 Å². The molecular weight excluding hydrogens is 597 g/mol. The number of aromatic amines is 1. The van der Waals surface area contributed by atoms with E-state index in [4.69, 9.17) is 11.6 Å². The minimum atomic E-state index is -0.766. The quantitative estimate of drug-likeness (QED) is 0.172. The third kappa shape index (κ3) is 7.49. The summed E-state index contributed by atoms with van der Waals surface area (Å²) in [4.78, 5) is 56.0. The van der Waals surface area contributed by atoms with Crippen molar-refractivity contribution in [2.75, 3.05) is 42.1 Å². The van der Waals surface area contributed by atoms with Crippen molar-refractivity contribution < 1.29 is 23.6 Å². The van der Waals surface area contributed by atoms with Gasteiger partial charge in [0.05, 0.1) is 27.5 Å². The van der Waals surface area contributed by atoms with Gasteiger partial charge in [0.2, 0.25) is 0 Å². The Morgan fingerprint density at radius 1 is 0.930 bits per heavy atom. The largest absolute Gasteiger partial charge is 0.355 e. The highest BCUT2D eigenvalue weighted by Crippen LogP contribution is 2.23. The number of carbonyl (C=O) groups is 4. The van der Waals surface area contributed by atoms with Gasteiger partial charge in [0.1, 0.15) is 17.2 Å². The molecule has 224 valence electrons. The standard InChI is InChI=1S/C29H29ClFN7O4S/c1-37-15-19(12-24(37)28(41)32-6-9-38-7-2-3-8-38)35-29(42)25-13-20(16-43-25)36-27(40)23-11-18(14-33-23)34-26(39)21-5-4-17(30)10-22(21)31/h4-5,10-16,33H,2-3,6-9H2,1H3,(H,32,41)(H,34,39)(H,35,42)(H,36,40). The normalized spacial score (nSPS) is 13.1. The van der Waals surface area contributed by atoms with Crippen LogP contribution in [0.2, 0.25) is 5.02 Å². The Balaban J connectivity index is 1.13. The number of halogens is 2. The molecule has 0 unspecified atom stereocenters. The van der Waals surface area contributed by atoms with E-state index in [9.17, 15) is 23.6 Å². The Hall–Kier alpha value is -4.46. The minimum absolute atomic E-state index is 0.139. The molecule has 5 N–H and O–H groups in total. The molecule has 1 aromatic carbocycles. The van der Waals surface area contributed by atoms with E-state index in [1.807, 2.05) is 0 Å². The van der Waals surface area contributed by atoms with Crippen LogP contribution in [-0.4, -0.2) is 64.3 Å². The van der Waals surface area contributed by atoms with Crippen molar-refractivity contribution >= 4 is 63.6 Å². The fourth-order valence-electron chi connectivity index (χ4n) is 4.66. The first kappa shape index (κ1) is 30.0. The van der Waals surface area contributed by atoms with Crippen LogP contribution in [0.15, 0.2) is 54.2 Å². The SMILES string of the molecule is Cn1cc(NC(=O)c2cc(NC(=O)c3cc(NC(=O)c4ccc(Cl)cc4F)c[nH]3)cs2)cc1C(=O)NCCN1CCCC1. The van der Waals surface area contributed by atoms with Crippen LogP contribution >= 0.6 is 22.9 Å². The summed E-state index contributed by atoms with van der Waals surface area (Å²) in [5, 5.41) is 12.7. The zero-order valence-electron chi connectivity index (χ0n) is 23.1. The van der Waals surface area contributed by atoms with E-state index in [1.54, 1.807) is 29.3 Å². The molecule has 14 heteroatoms. The number of carbonyl (C=O) groups excluding carboxylic acids is 4. The number of amides is 4. The zero-order valence-corrected chi connectivity index (χ0v) is 24.7. The predicted octanol–water partition coefficient (Wildman–Crippen LogP) is 4.79. The lowest BCUT2D eigenvalue weighted by molar-refractivity contribution is 0.0939. The molecule has 0 atom stereocenters. The Labute approximate surface area is 255 Å². The number of aromatic nitrogens is 2. The van der Waals surface area contributed by atoms with Crippen molar-refractivity contribution in [2.24, 2.45) is 7.05 Å². The van der Waals surface area contributed by atoms with Crippen molar-refractivity contribution in [1.29, 1.82) is 0 Å². The molecule has 43 heavy (non-hydrogen) atoms. The number of rotatable bonds is 10. The Morgan fingerprint density at radius 2 is 1.67 bits per heavy atom. The van der Waals surface area contributed by atoms with E-state index in [0.29, 0.717) is 28.5 Å². The number of thiophene rings is 1. The molecule has 5 rings (SSSR count). The van der Waals surface area contributed by atoms with Crippen LogP contribution in [0.5, 0.6) is 0 Å². The second-order valence-electron chi connectivity index (χ2n) is 10.0. The van der Waals surface area contributed by atoms with Crippen molar-refractivity contribution in [3.63, 3.8) is 0 Å². The molecule has 1 saturated heterocycles. The summed E-state index contributed by atoms with van der Waals surface area (Å²) < 4.78 is 15.7. The summed E-state index contributed by atoms with van der Waals surface area (Å²) in [7, 11) is 1.73. The van der Waals surface area contributed by atoms with Gasteiger partial charge in [-0.25, -0.2) is 4.39 Å². The summed E-state index contributed by atoms with van der Waals surface area (Å²) in [5.41, 5.74) is 1.50. The summed E-state index contributed by atoms with van der Waals surface area (Å²) in [6.07, 6.45) is 5.44. The molecule has 11 nitrogen and oxygen atoms in total. The molecular formula is C29H29ClFN7O4S. The fourth-order valence-corrected chi connectivity index (χ4v) is 5.56. The average molecular weight is 626 g/mol. The first-order chi connectivity index (χ1) is 20.7. The van der Waals surface area contributed by atoms with Gasteiger partial charge in [-0.2, -0.15) is 0 Å². The van der Waals surface area contributed by atoms with E-state index in [2.05, 4.69) is 31.2 Å². The third-order valence-electron chi connectivity index (χ3n) is 6.85. The number of anilines is 3. The van der Waals surface area contributed by atoms with Gasteiger partial charge < -0.3 is 35.7 Å². The Morgan fingerprint density at radius 3 is 2.44 bits per heavy atom. The molecule has 1 aliphatic rings. The van der Waals surface area contributed by atoms with Crippen LogP contribution in [0.1, 0.15) is 53.8 Å². The first-order valence-corrected chi connectivity index (χ1v) is 14.7. The number of benzene rings is 1. The number of hydrogen-bond acceptors (Lipinski definition) is 6. The highest BCUT2D eigenvalue weighted by atomic mass is 35.5. The van der Waals surface area contributed by atoms with E-state index in [1.165, 1.54) is 43.3 Å². The van der Waals surface area contributed by atoms with Gasteiger partial charge in [-0.3, -0.25) is 19.2 Å². The van der Waals surface area contributed by atoms with Crippen LogP contribution in [0.25, 0.3) is 0 Å². The molecule has 4 amide bonds. The fraction of sp³-hybridized carbons (Fsp3) is 0.241. The monoisotopic (exact) mass is 625 g/mol. The van der Waals surface area contributed by atoms with E-state index >= 15 is 0 Å². The van der Waals surface area contributed by atoms with E-state index < -0.39 is 23.5 Å². The topological polar surface area (TPSA) is 140 Å². The van der Waals surface area contributed by atoms with Gasteiger partial charge in [-0.05, 0) is 62.3 Å². The second kappa shape index (κ2) is 13.2. The molecule has 0 radical (unpaired) electrons. The van der Waals surface area contributed by atoms with Gasteiger partial charge in [0.15, 0.2) is 0 Å². The molecule has 4 aromatic rings. The number of nitrogens with one attached hydrogen (secondary N) is 5. The average Bonchev–Trinajstić information content (AvgIpc) is 3.77.